The van der Waals surface area contributed by atoms with Gasteiger partial charge in [0.2, 0.25) is 0 Å². The summed E-state index contributed by atoms with van der Waals surface area (Å²) in [6.07, 6.45) is 6.06. The van der Waals surface area contributed by atoms with E-state index in [1.165, 1.54) is 5.56 Å². The second kappa shape index (κ2) is 7.23. The van der Waals surface area contributed by atoms with Crippen molar-refractivity contribution in [3.05, 3.63) is 47.1 Å². The Balaban J connectivity index is 1.40. The van der Waals surface area contributed by atoms with Crippen molar-refractivity contribution in [2.45, 2.75) is 58.1 Å². The molecule has 0 amide bonds. The van der Waals surface area contributed by atoms with Crippen molar-refractivity contribution >= 4 is 0 Å². The van der Waals surface area contributed by atoms with Crippen molar-refractivity contribution < 1.29 is 14.0 Å². The highest BCUT2D eigenvalue weighted by molar-refractivity contribution is 5.21. The summed E-state index contributed by atoms with van der Waals surface area (Å²) in [5.74, 6) is 0.920. The second-order valence-corrected chi connectivity index (χ2v) is 6.96. The zero-order valence-corrected chi connectivity index (χ0v) is 14.9. The van der Waals surface area contributed by atoms with Crippen molar-refractivity contribution in [3.63, 3.8) is 0 Å². The molecule has 0 unspecified atom stereocenters. The molecule has 0 N–H and O–H groups in total. The van der Waals surface area contributed by atoms with Gasteiger partial charge in [-0.2, -0.15) is 0 Å². The Morgan fingerprint density at radius 1 is 1.24 bits per heavy atom. The Hall–Kier alpha value is -1.76. The van der Waals surface area contributed by atoms with Crippen LogP contribution < -0.4 is 0 Å². The summed E-state index contributed by atoms with van der Waals surface area (Å²) in [4.78, 5) is 6.56. The summed E-state index contributed by atoms with van der Waals surface area (Å²) in [6, 6.07) is 4.40. The molecule has 25 heavy (non-hydrogen) atoms. The van der Waals surface area contributed by atoms with E-state index in [0.29, 0.717) is 12.6 Å². The Bertz CT molecular complexity index is 684. The summed E-state index contributed by atoms with van der Waals surface area (Å²) in [5.41, 5.74) is 3.35. The number of hydrogen-bond acceptors (Lipinski definition) is 6. The fourth-order valence-corrected chi connectivity index (χ4v) is 3.98. The Labute approximate surface area is 148 Å². The molecule has 4 rings (SSSR count). The lowest BCUT2D eigenvalue weighted by Gasteiger charge is -2.39. The van der Waals surface area contributed by atoms with Crippen LogP contribution in [0.25, 0.3) is 0 Å². The van der Waals surface area contributed by atoms with E-state index in [0.717, 1.165) is 49.6 Å². The molecule has 1 aliphatic carbocycles. The average Bonchev–Trinajstić information content (AvgIpc) is 3.20. The summed E-state index contributed by atoms with van der Waals surface area (Å²) >= 11 is 0. The van der Waals surface area contributed by atoms with Gasteiger partial charge in [-0.1, -0.05) is 5.16 Å². The zero-order chi connectivity index (χ0) is 17.2. The number of ether oxygens (including phenoxy) is 2. The minimum absolute atomic E-state index is 0.149. The van der Waals surface area contributed by atoms with E-state index in [-0.39, 0.29) is 12.2 Å². The first kappa shape index (κ1) is 16.7. The van der Waals surface area contributed by atoms with Gasteiger partial charge in [0.15, 0.2) is 0 Å². The SMILES string of the molecule is Cc1noc(C)c1CN1CCO[C@@H]2[C@@H](OCc3ccncc3)CC[C@@H]21. The second-order valence-electron chi connectivity index (χ2n) is 6.96. The van der Waals surface area contributed by atoms with Crippen LogP contribution in [0.5, 0.6) is 0 Å². The molecule has 1 saturated carbocycles. The first-order valence-corrected chi connectivity index (χ1v) is 9.00. The molecule has 1 saturated heterocycles. The highest BCUT2D eigenvalue weighted by Gasteiger charge is 2.43. The van der Waals surface area contributed by atoms with Crippen LogP contribution in [0.15, 0.2) is 29.0 Å². The fraction of sp³-hybridized carbons (Fsp3) is 0.579. The van der Waals surface area contributed by atoms with Crippen LogP contribution in [0.4, 0.5) is 0 Å². The van der Waals surface area contributed by atoms with Crippen LogP contribution in [-0.2, 0) is 22.6 Å². The Kier molecular flexibility index (Phi) is 4.83. The van der Waals surface area contributed by atoms with E-state index in [2.05, 4.69) is 15.0 Å². The average molecular weight is 343 g/mol. The van der Waals surface area contributed by atoms with Crippen LogP contribution in [0.1, 0.15) is 35.4 Å². The number of aromatic nitrogens is 2. The molecule has 2 aliphatic rings. The van der Waals surface area contributed by atoms with Crippen molar-refractivity contribution in [3.8, 4) is 0 Å². The summed E-state index contributed by atoms with van der Waals surface area (Å²) in [5, 5.41) is 4.08. The molecule has 0 radical (unpaired) electrons. The van der Waals surface area contributed by atoms with Crippen LogP contribution in [0.3, 0.4) is 0 Å². The van der Waals surface area contributed by atoms with E-state index >= 15 is 0 Å². The Morgan fingerprint density at radius 3 is 2.84 bits per heavy atom. The third-order valence-electron chi connectivity index (χ3n) is 5.41. The predicted molar refractivity (Wildman–Crippen MR) is 92.0 cm³/mol. The quantitative estimate of drug-likeness (QED) is 0.832. The van der Waals surface area contributed by atoms with Gasteiger partial charge in [0, 0.05) is 37.1 Å². The van der Waals surface area contributed by atoms with Gasteiger partial charge < -0.3 is 14.0 Å². The molecule has 0 spiro atoms. The predicted octanol–water partition coefficient (Wildman–Crippen LogP) is 2.64. The summed E-state index contributed by atoms with van der Waals surface area (Å²) in [7, 11) is 0. The molecule has 1 aliphatic heterocycles. The number of fused-ring (bicyclic) bond motifs is 1. The molecule has 2 fully saturated rings. The van der Waals surface area contributed by atoms with Gasteiger partial charge in [-0.3, -0.25) is 9.88 Å². The first-order chi connectivity index (χ1) is 12.2. The number of rotatable bonds is 5. The van der Waals surface area contributed by atoms with E-state index in [1.807, 2.05) is 26.0 Å². The number of nitrogens with zero attached hydrogens (tertiary/aromatic N) is 3. The number of aryl methyl sites for hydroxylation is 2. The van der Waals surface area contributed by atoms with Crippen LogP contribution in [-0.4, -0.2) is 46.4 Å². The molecule has 134 valence electrons. The van der Waals surface area contributed by atoms with Gasteiger partial charge in [0.1, 0.15) is 5.76 Å². The topological polar surface area (TPSA) is 60.6 Å². The van der Waals surface area contributed by atoms with Crippen LogP contribution in [0, 0.1) is 13.8 Å². The van der Waals surface area contributed by atoms with Crippen molar-refractivity contribution in [1.82, 2.24) is 15.0 Å². The zero-order valence-electron chi connectivity index (χ0n) is 14.9. The number of morpholine rings is 1. The lowest BCUT2D eigenvalue weighted by Crippen LogP contribution is -2.51. The van der Waals surface area contributed by atoms with Crippen molar-refractivity contribution in [2.24, 2.45) is 0 Å². The first-order valence-electron chi connectivity index (χ1n) is 9.00. The molecule has 6 nitrogen and oxygen atoms in total. The summed E-state index contributed by atoms with van der Waals surface area (Å²) < 4.78 is 17.6. The molecule has 3 heterocycles. The fourth-order valence-electron chi connectivity index (χ4n) is 3.98. The standard InChI is InChI=1S/C19H25N3O3/c1-13-16(14(2)25-21-13)11-22-9-10-23-19-17(22)3-4-18(19)24-12-15-5-7-20-8-6-15/h5-8,17-19H,3-4,9-12H2,1-2H3/t17-,18-,19-/m0/s1. The lowest BCUT2D eigenvalue weighted by molar-refractivity contribution is -0.118. The third kappa shape index (κ3) is 3.47. The number of pyridine rings is 1. The highest BCUT2D eigenvalue weighted by atomic mass is 16.5. The maximum Gasteiger partial charge on any atom is 0.138 e. The maximum atomic E-state index is 6.18. The largest absolute Gasteiger partial charge is 0.373 e. The van der Waals surface area contributed by atoms with Gasteiger partial charge in [-0.05, 0) is 44.4 Å². The summed E-state index contributed by atoms with van der Waals surface area (Å²) in [6.45, 7) is 7.19. The minimum Gasteiger partial charge on any atom is -0.373 e. The van der Waals surface area contributed by atoms with E-state index in [1.54, 1.807) is 12.4 Å². The van der Waals surface area contributed by atoms with E-state index in [4.69, 9.17) is 14.0 Å². The van der Waals surface area contributed by atoms with Gasteiger partial charge >= 0.3 is 0 Å². The van der Waals surface area contributed by atoms with Crippen molar-refractivity contribution in [1.29, 1.82) is 0 Å². The smallest absolute Gasteiger partial charge is 0.138 e. The van der Waals surface area contributed by atoms with Crippen LogP contribution >= 0.6 is 0 Å². The normalized spacial score (nSPS) is 26.7. The van der Waals surface area contributed by atoms with Gasteiger partial charge in [0.05, 0.1) is 31.1 Å². The highest BCUT2D eigenvalue weighted by Crippen LogP contribution is 2.34. The van der Waals surface area contributed by atoms with Crippen LogP contribution in [0.2, 0.25) is 0 Å². The number of hydrogen-bond donors (Lipinski definition) is 0. The molecule has 6 heteroatoms. The van der Waals surface area contributed by atoms with Gasteiger partial charge in [0.25, 0.3) is 0 Å². The molecule has 0 bridgehead atoms. The van der Waals surface area contributed by atoms with Gasteiger partial charge in [-0.15, -0.1) is 0 Å². The molecule has 3 atom stereocenters. The van der Waals surface area contributed by atoms with Crippen molar-refractivity contribution in [2.75, 3.05) is 13.2 Å². The molecule has 0 aromatic carbocycles. The molecular weight excluding hydrogens is 318 g/mol. The molecule has 2 aromatic rings. The van der Waals surface area contributed by atoms with Gasteiger partial charge in [-0.25, -0.2) is 0 Å². The monoisotopic (exact) mass is 343 g/mol. The molecular formula is C19H25N3O3. The lowest BCUT2D eigenvalue weighted by atomic mass is 10.1. The van der Waals surface area contributed by atoms with E-state index < -0.39 is 0 Å². The molecule has 2 aromatic heterocycles. The third-order valence-corrected chi connectivity index (χ3v) is 5.41. The Morgan fingerprint density at radius 2 is 2.08 bits per heavy atom. The van der Waals surface area contributed by atoms with E-state index in [9.17, 15) is 0 Å². The minimum atomic E-state index is 0.149. The maximum absolute atomic E-state index is 6.18.